The van der Waals surface area contributed by atoms with Crippen molar-refractivity contribution in [2.75, 3.05) is 18.0 Å². The normalized spacial score (nSPS) is 16.6. The Kier molecular flexibility index (Phi) is 5.50. The predicted octanol–water partition coefficient (Wildman–Crippen LogP) is 2.64. The number of piperidine rings is 1. The van der Waals surface area contributed by atoms with Crippen LogP contribution in [0.5, 0.6) is 0 Å². The molecule has 1 aliphatic rings. The summed E-state index contributed by atoms with van der Waals surface area (Å²) in [7, 11) is 0. The number of aromatic nitrogens is 4. The second-order valence-corrected chi connectivity index (χ2v) is 7.22. The molecule has 3 aromatic rings. The maximum Gasteiger partial charge on any atom is 0.225 e. The van der Waals surface area contributed by atoms with Gasteiger partial charge in [0.1, 0.15) is 11.6 Å². The maximum atomic E-state index is 13.0. The molecule has 0 bridgehead atoms. The van der Waals surface area contributed by atoms with Crippen LogP contribution < -0.4 is 10.2 Å². The molecule has 7 nitrogen and oxygen atoms in total. The van der Waals surface area contributed by atoms with E-state index in [0.717, 1.165) is 36.6 Å². The Morgan fingerprint density at radius 2 is 1.93 bits per heavy atom. The van der Waals surface area contributed by atoms with Crippen LogP contribution in [0.1, 0.15) is 24.2 Å². The van der Waals surface area contributed by atoms with Gasteiger partial charge in [0.15, 0.2) is 11.6 Å². The van der Waals surface area contributed by atoms with E-state index < -0.39 is 0 Å². The quantitative estimate of drug-likeness (QED) is 0.720. The van der Waals surface area contributed by atoms with Gasteiger partial charge in [0.2, 0.25) is 5.91 Å². The molecular formula is C21H23FN6O. The van der Waals surface area contributed by atoms with Crippen LogP contribution in [0.2, 0.25) is 0 Å². The summed E-state index contributed by atoms with van der Waals surface area (Å²) in [6, 6.07) is 10.0. The van der Waals surface area contributed by atoms with Crippen molar-refractivity contribution < 1.29 is 9.18 Å². The summed E-state index contributed by atoms with van der Waals surface area (Å²) in [4.78, 5) is 18.9. The minimum Gasteiger partial charge on any atom is -0.354 e. The van der Waals surface area contributed by atoms with Crippen molar-refractivity contribution in [3.05, 3.63) is 66.0 Å². The fourth-order valence-electron chi connectivity index (χ4n) is 3.57. The van der Waals surface area contributed by atoms with Crippen LogP contribution in [0.25, 0.3) is 5.82 Å². The smallest absolute Gasteiger partial charge is 0.225 e. The molecule has 1 amide bonds. The second-order valence-electron chi connectivity index (χ2n) is 7.22. The average molecular weight is 394 g/mol. The van der Waals surface area contributed by atoms with Crippen molar-refractivity contribution in [3.63, 3.8) is 0 Å². The number of nitrogens with one attached hydrogen (secondary N) is 1. The molecule has 1 N–H and O–H groups in total. The molecule has 1 fully saturated rings. The molecule has 2 aromatic heterocycles. The molecular weight excluding hydrogens is 371 g/mol. The molecule has 1 unspecified atom stereocenters. The van der Waals surface area contributed by atoms with Gasteiger partial charge in [-0.1, -0.05) is 12.1 Å². The van der Waals surface area contributed by atoms with E-state index in [1.165, 1.54) is 12.1 Å². The molecule has 0 radical (unpaired) electrons. The third kappa shape index (κ3) is 4.42. The summed E-state index contributed by atoms with van der Waals surface area (Å²) in [6.07, 6.45) is 5.33. The van der Waals surface area contributed by atoms with Crippen LogP contribution in [-0.2, 0) is 11.3 Å². The number of benzene rings is 1. The van der Waals surface area contributed by atoms with Crippen molar-refractivity contribution in [3.8, 4) is 5.82 Å². The monoisotopic (exact) mass is 394 g/mol. The van der Waals surface area contributed by atoms with Crippen molar-refractivity contribution in [2.45, 2.75) is 26.3 Å². The van der Waals surface area contributed by atoms with Gasteiger partial charge >= 0.3 is 0 Å². The van der Waals surface area contributed by atoms with Gasteiger partial charge in [0.25, 0.3) is 0 Å². The summed E-state index contributed by atoms with van der Waals surface area (Å²) in [5.74, 6) is 1.96. The SMILES string of the molecule is Cc1nccn1-c1ccc(N2CCCC(C(=O)NCc3ccc(F)cc3)C2)nn1. The lowest BCUT2D eigenvalue weighted by atomic mass is 9.97. The third-order valence-electron chi connectivity index (χ3n) is 5.21. The van der Waals surface area contributed by atoms with Gasteiger partial charge < -0.3 is 10.2 Å². The van der Waals surface area contributed by atoms with E-state index in [2.05, 4.69) is 25.4 Å². The highest BCUT2D eigenvalue weighted by molar-refractivity contribution is 5.79. The van der Waals surface area contributed by atoms with E-state index in [1.807, 2.05) is 29.8 Å². The first-order valence-corrected chi connectivity index (χ1v) is 9.71. The zero-order valence-corrected chi connectivity index (χ0v) is 16.3. The first kappa shape index (κ1) is 19.0. The zero-order valence-electron chi connectivity index (χ0n) is 16.3. The topological polar surface area (TPSA) is 75.9 Å². The molecule has 150 valence electrons. The summed E-state index contributed by atoms with van der Waals surface area (Å²) in [5.41, 5.74) is 0.878. The number of anilines is 1. The molecule has 3 heterocycles. The number of halogens is 1. The van der Waals surface area contributed by atoms with E-state index in [9.17, 15) is 9.18 Å². The first-order chi connectivity index (χ1) is 14.1. The first-order valence-electron chi connectivity index (χ1n) is 9.71. The lowest BCUT2D eigenvalue weighted by Crippen LogP contribution is -2.43. The van der Waals surface area contributed by atoms with Crippen molar-refractivity contribution >= 4 is 11.7 Å². The number of aryl methyl sites for hydroxylation is 1. The van der Waals surface area contributed by atoms with Crippen LogP contribution in [-0.4, -0.2) is 38.7 Å². The number of hydrogen-bond acceptors (Lipinski definition) is 5. The molecule has 0 saturated carbocycles. The number of carbonyl (C=O) groups is 1. The van der Waals surface area contributed by atoms with Gasteiger partial charge in [-0.05, 0) is 49.6 Å². The van der Waals surface area contributed by atoms with Crippen molar-refractivity contribution in [1.29, 1.82) is 0 Å². The van der Waals surface area contributed by atoms with Crippen LogP contribution in [0.3, 0.4) is 0 Å². The molecule has 4 rings (SSSR count). The second kappa shape index (κ2) is 8.38. The Labute approximate surface area is 168 Å². The summed E-state index contributed by atoms with van der Waals surface area (Å²) in [5, 5.41) is 11.6. The number of amides is 1. The largest absolute Gasteiger partial charge is 0.354 e. The highest BCUT2D eigenvalue weighted by atomic mass is 19.1. The molecule has 1 aliphatic heterocycles. The van der Waals surface area contributed by atoms with Crippen LogP contribution >= 0.6 is 0 Å². The molecule has 0 aliphatic carbocycles. The van der Waals surface area contributed by atoms with Crippen LogP contribution in [0.15, 0.2) is 48.8 Å². The lowest BCUT2D eigenvalue weighted by Gasteiger charge is -2.32. The fourth-order valence-corrected chi connectivity index (χ4v) is 3.57. The number of imidazole rings is 1. The molecule has 8 heteroatoms. The van der Waals surface area contributed by atoms with Gasteiger partial charge in [-0.25, -0.2) is 9.37 Å². The Bertz CT molecular complexity index is 970. The van der Waals surface area contributed by atoms with Gasteiger partial charge in [-0.2, -0.15) is 0 Å². The fraction of sp³-hybridized carbons (Fsp3) is 0.333. The van der Waals surface area contributed by atoms with E-state index >= 15 is 0 Å². The Balaban J connectivity index is 1.37. The van der Waals surface area contributed by atoms with Gasteiger partial charge in [0, 0.05) is 32.0 Å². The van der Waals surface area contributed by atoms with E-state index in [1.54, 1.807) is 18.3 Å². The highest BCUT2D eigenvalue weighted by Crippen LogP contribution is 2.22. The van der Waals surface area contributed by atoms with Crippen molar-refractivity contribution in [2.24, 2.45) is 5.92 Å². The Morgan fingerprint density at radius 1 is 1.17 bits per heavy atom. The van der Waals surface area contributed by atoms with E-state index in [-0.39, 0.29) is 17.6 Å². The average Bonchev–Trinajstić information content (AvgIpc) is 3.19. The van der Waals surface area contributed by atoms with Crippen molar-refractivity contribution in [1.82, 2.24) is 25.1 Å². The number of carbonyl (C=O) groups excluding carboxylic acids is 1. The standard InChI is InChI=1S/C21H23FN6O/c1-15-23-10-12-28(15)20-9-8-19(25-26-20)27-11-2-3-17(14-27)21(29)24-13-16-4-6-18(22)7-5-16/h4-10,12,17H,2-3,11,13-14H2,1H3,(H,24,29). The summed E-state index contributed by atoms with van der Waals surface area (Å²) >= 11 is 0. The zero-order chi connectivity index (χ0) is 20.2. The number of hydrogen-bond donors (Lipinski definition) is 1. The molecule has 29 heavy (non-hydrogen) atoms. The van der Waals surface area contributed by atoms with Crippen LogP contribution in [0, 0.1) is 18.7 Å². The Hall–Kier alpha value is -3.29. The molecule has 1 saturated heterocycles. The van der Waals surface area contributed by atoms with Gasteiger partial charge in [-0.15, -0.1) is 10.2 Å². The minimum absolute atomic E-state index is 0.0117. The molecule has 1 aromatic carbocycles. The Morgan fingerprint density at radius 3 is 2.62 bits per heavy atom. The minimum atomic E-state index is -0.279. The number of nitrogens with zero attached hydrogens (tertiary/aromatic N) is 5. The van der Waals surface area contributed by atoms with E-state index in [4.69, 9.17) is 0 Å². The maximum absolute atomic E-state index is 13.0. The predicted molar refractivity (Wildman–Crippen MR) is 107 cm³/mol. The highest BCUT2D eigenvalue weighted by Gasteiger charge is 2.26. The van der Waals surface area contributed by atoms with Gasteiger partial charge in [0.05, 0.1) is 5.92 Å². The lowest BCUT2D eigenvalue weighted by molar-refractivity contribution is -0.125. The van der Waals surface area contributed by atoms with E-state index in [0.29, 0.717) is 18.9 Å². The van der Waals surface area contributed by atoms with Crippen LogP contribution in [0.4, 0.5) is 10.2 Å². The summed E-state index contributed by atoms with van der Waals surface area (Å²) in [6.45, 7) is 3.76. The molecule has 1 atom stereocenters. The molecule has 0 spiro atoms. The summed E-state index contributed by atoms with van der Waals surface area (Å²) < 4.78 is 14.9. The van der Waals surface area contributed by atoms with Gasteiger partial charge in [-0.3, -0.25) is 9.36 Å². The third-order valence-corrected chi connectivity index (χ3v) is 5.21. The number of rotatable bonds is 5.